The molecule has 6 rings (SSSR count). The molecule has 2 aliphatic rings. The van der Waals surface area contributed by atoms with Crippen LogP contribution in [-0.2, 0) is 36.0 Å². The first-order valence-electron chi connectivity index (χ1n) is 12.7. The fourth-order valence-electron chi connectivity index (χ4n) is 5.10. The summed E-state index contributed by atoms with van der Waals surface area (Å²) in [5.41, 5.74) is 4.48. The number of hydrogen-bond acceptors (Lipinski definition) is 6. The van der Waals surface area contributed by atoms with Crippen molar-refractivity contribution >= 4 is 50.5 Å². The van der Waals surface area contributed by atoms with Gasteiger partial charge in [0, 0.05) is 43.0 Å². The number of aromatic nitrogens is 1. The van der Waals surface area contributed by atoms with Crippen LogP contribution >= 0.6 is 23.7 Å². The zero-order chi connectivity index (χ0) is 26.1. The molecule has 0 saturated heterocycles. The van der Waals surface area contributed by atoms with E-state index in [1.807, 2.05) is 30.3 Å². The van der Waals surface area contributed by atoms with Gasteiger partial charge in [0.15, 0.2) is 5.13 Å². The number of fused-ring (bicyclic) bond motifs is 2. The van der Waals surface area contributed by atoms with E-state index in [0.29, 0.717) is 17.2 Å². The number of benzene rings is 3. The molecule has 39 heavy (non-hydrogen) atoms. The van der Waals surface area contributed by atoms with Crippen LogP contribution in [0.5, 0.6) is 0 Å². The van der Waals surface area contributed by atoms with Crippen LogP contribution in [0, 0.1) is 0 Å². The van der Waals surface area contributed by atoms with Gasteiger partial charge in [0.05, 0.1) is 16.3 Å². The van der Waals surface area contributed by atoms with Crippen LogP contribution < -0.4 is 9.62 Å². The number of rotatable bonds is 6. The van der Waals surface area contributed by atoms with E-state index in [4.69, 9.17) is 0 Å². The van der Waals surface area contributed by atoms with Crippen LogP contribution in [0.2, 0.25) is 0 Å². The first-order valence-corrected chi connectivity index (χ1v) is 15.0. The smallest absolute Gasteiger partial charge is 0.264 e. The Hall–Kier alpha value is -3.24. The van der Waals surface area contributed by atoms with Crippen LogP contribution in [0.25, 0.3) is 0 Å². The highest BCUT2D eigenvalue weighted by Crippen LogP contribution is 2.32. The number of thiazole rings is 1. The Morgan fingerprint density at radius 3 is 2.46 bits per heavy atom. The molecule has 0 saturated carbocycles. The van der Waals surface area contributed by atoms with Gasteiger partial charge in [-0.15, -0.1) is 23.7 Å². The van der Waals surface area contributed by atoms with E-state index in [2.05, 4.69) is 39.5 Å². The monoisotopic (exact) mass is 580 g/mol. The molecule has 0 fully saturated rings. The molecule has 3 heterocycles. The second-order valence-corrected chi connectivity index (χ2v) is 12.6. The van der Waals surface area contributed by atoms with Gasteiger partial charge in [0.2, 0.25) is 0 Å². The number of carbonyl (C=O) groups is 1. The topological polar surface area (TPSA) is 82.6 Å². The third-order valence-electron chi connectivity index (χ3n) is 7.05. The predicted molar refractivity (Wildman–Crippen MR) is 157 cm³/mol. The highest BCUT2D eigenvalue weighted by Gasteiger charge is 2.29. The highest BCUT2D eigenvalue weighted by molar-refractivity contribution is 7.92. The van der Waals surface area contributed by atoms with Gasteiger partial charge in [0.25, 0.3) is 15.9 Å². The first-order chi connectivity index (χ1) is 18.5. The van der Waals surface area contributed by atoms with Gasteiger partial charge in [-0.05, 0) is 54.3 Å². The third-order valence-corrected chi connectivity index (χ3v) is 9.88. The third kappa shape index (κ3) is 5.72. The van der Waals surface area contributed by atoms with E-state index >= 15 is 0 Å². The van der Waals surface area contributed by atoms with Gasteiger partial charge >= 0.3 is 0 Å². The summed E-state index contributed by atoms with van der Waals surface area (Å²) >= 11 is 1.51. The standard InChI is InChI=1S/C29H28N4O3S2.ClH/c34-28(31-29-30-25-16-18-32(20-27(25)37-29)19-21-7-2-1-3-8-21)23-12-14-24(15-13-23)38(35,36)33-17-6-10-22-9-4-5-11-26(22)33;/h1-5,7-9,11-15H,6,10,16-20H2,(H,30,31,34);1H. The summed E-state index contributed by atoms with van der Waals surface area (Å²) in [6.07, 6.45) is 2.49. The Labute approximate surface area is 239 Å². The van der Waals surface area contributed by atoms with E-state index in [1.54, 1.807) is 12.1 Å². The van der Waals surface area contributed by atoms with Crippen molar-refractivity contribution in [1.29, 1.82) is 0 Å². The molecule has 0 bridgehead atoms. The number of para-hydroxylation sites is 1. The van der Waals surface area contributed by atoms with Crippen molar-refractivity contribution < 1.29 is 13.2 Å². The Morgan fingerprint density at radius 1 is 0.923 bits per heavy atom. The molecule has 4 aromatic rings. The summed E-state index contributed by atoms with van der Waals surface area (Å²) in [6, 6.07) is 24.2. The lowest BCUT2D eigenvalue weighted by atomic mass is 10.0. The van der Waals surface area contributed by atoms with Crippen LogP contribution in [0.4, 0.5) is 10.8 Å². The van der Waals surface area contributed by atoms with Crippen molar-refractivity contribution in [2.45, 2.75) is 37.2 Å². The number of amides is 1. The van der Waals surface area contributed by atoms with E-state index < -0.39 is 10.0 Å². The van der Waals surface area contributed by atoms with Crippen LogP contribution in [0.3, 0.4) is 0 Å². The Morgan fingerprint density at radius 2 is 1.67 bits per heavy atom. The Bertz CT molecular complexity index is 1570. The molecule has 0 aliphatic carbocycles. The summed E-state index contributed by atoms with van der Waals surface area (Å²) in [4.78, 5) is 21.3. The molecule has 0 radical (unpaired) electrons. The Kier molecular flexibility index (Phi) is 8.04. The molecule has 2 aliphatic heterocycles. The van der Waals surface area contributed by atoms with E-state index in [0.717, 1.165) is 55.8 Å². The fraction of sp³-hybridized carbons (Fsp3) is 0.241. The molecule has 1 aromatic heterocycles. The number of nitrogens with zero attached hydrogens (tertiary/aromatic N) is 3. The van der Waals surface area contributed by atoms with Gasteiger partial charge in [0.1, 0.15) is 0 Å². The SMILES string of the molecule is Cl.O=C(Nc1nc2c(s1)CN(Cc1ccccc1)CC2)c1ccc(S(=O)(=O)N2CCCc3ccccc32)cc1. The van der Waals surface area contributed by atoms with Crippen molar-refractivity contribution in [3.05, 3.63) is 106 Å². The van der Waals surface area contributed by atoms with Gasteiger partial charge in [-0.3, -0.25) is 19.3 Å². The Balaban J connectivity index is 0.00000308. The summed E-state index contributed by atoms with van der Waals surface area (Å²) < 4.78 is 28.3. The molecule has 0 spiro atoms. The van der Waals surface area contributed by atoms with Crippen LogP contribution in [-0.4, -0.2) is 37.3 Å². The van der Waals surface area contributed by atoms with E-state index in [-0.39, 0.29) is 23.2 Å². The molecule has 1 amide bonds. The molecule has 0 atom stereocenters. The van der Waals surface area contributed by atoms with E-state index in [9.17, 15) is 13.2 Å². The zero-order valence-electron chi connectivity index (χ0n) is 21.2. The minimum atomic E-state index is -3.72. The number of sulfonamides is 1. The van der Waals surface area contributed by atoms with Crippen LogP contribution in [0.15, 0.2) is 83.8 Å². The van der Waals surface area contributed by atoms with Crippen molar-refractivity contribution in [3.63, 3.8) is 0 Å². The fourth-order valence-corrected chi connectivity index (χ4v) is 7.69. The van der Waals surface area contributed by atoms with Gasteiger partial charge in [-0.2, -0.15) is 0 Å². The molecule has 0 unspecified atom stereocenters. The molecule has 3 aromatic carbocycles. The van der Waals surface area contributed by atoms with Crippen molar-refractivity contribution in [1.82, 2.24) is 9.88 Å². The number of halogens is 1. The molecule has 7 nitrogen and oxygen atoms in total. The molecule has 1 N–H and O–H groups in total. The van der Waals surface area contributed by atoms with Gasteiger partial charge in [-0.1, -0.05) is 48.5 Å². The number of nitrogens with one attached hydrogen (secondary N) is 1. The lowest BCUT2D eigenvalue weighted by Gasteiger charge is -2.30. The lowest BCUT2D eigenvalue weighted by Crippen LogP contribution is -2.35. The number of aryl methyl sites for hydroxylation is 1. The van der Waals surface area contributed by atoms with Crippen molar-refractivity contribution in [3.8, 4) is 0 Å². The molecular formula is C29H29ClN4O3S2. The average Bonchev–Trinajstić information content (AvgIpc) is 3.35. The van der Waals surface area contributed by atoms with E-state index in [1.165, 1.54) is 38.2 Å². The van der Waals surface area contributed by atoms with Gasteiger partial charge < -0.3 is 0 Å². The van der Waals surface area contributed by atoms with Gasteiger partial charge in [-0.25, -0.2) is 13.4 Å². The highest BCUT2D eigenvalue weighted by atomic mass is 35.5. The largest absolute Gasteiger partial charge is 0.298 e. The second kappa shape index (κ2) is 11.5. The quantitative estimate of drug-likeness (QED) is 0.325. The molecule has 202 valence electrons. The number of hydrogen-bond donors (Lipinski definition) is 1. The number of anilines is 2. The maximum absolute atomic E-state index is 13.4. The summed E-state index contributed by atoms with van der Waals surface area (Å²) in [7, 11) is -3.72. The molecular weight excluding hydrogens is 552 g/mol. The first kappa shape index (κ1) is 27.3. The van der Waals surface area contributed by atoms with Crippen molar-refractivity contribution in [2.24, 2.45) is 0 Å². The second-order valence-electron chi connectivity index (χ2n) is 9.62. The maximum Gasteiger partial charge on any atom is 0.264 e. The predicted octanol–water partition coefficient (Wildman–Crippen LogP) is 5.52. The summed E-state index contributed by atoms with van der Waals surface area (Å²) in [5, 5.41) is 3.48. The maximum atomic E-state index is 13.4. The zero-order valence-corrected chi connectivity index (χ0v) is 23.7. The number of carbonyl (C=O) groups excluding carboxylic acids is 1. The average molecular weight is 581 g/mol. The minimum Gasteiger partial charge on any atom is -0.298 e. The van der Waals surface area contributed by atoms with Crippen LogP contribution in [0.1, 0.15) is 38.5 Å². The summed E-state index contributed by atoms with van der Waals surface area (Å²) in [6.45, 7) is 3.07. The minimum absolute atomic E-state index is 0. The van der Waals surface area contributed by atoms with Crippen molar-refractivity contribution in [2.75, 3.05) is 22.7 Å². The lowest BCUT2D eigenvalue weighted by molar-refractivity contribution is 0.102. The normalized spacial score (nSPS) is 15.1. The summed E-state index contributed by atoms with van der Waals surface area (Å²) in [5.74, 6) is -0.301. The molecule has 10 heteroatoms.